The molecular formula is C13H7ClNO3S-. The van der Waals surface area contributed by atoms with Crippen molar-refractivity contribution in [3.05, 3.63) is 47.5 Å². The van der Waals surface area contributed by atoms with Crippen LogP contribution in [0.1, 0.15) is 0 Å². The molecule has 0 aliphatic rings. The summed E-state index contributed by atoms with van der Waals surface area (Å²) in [6.07, 6.45) is 0. The number of benzene rings is 2. The predicted molar refractivity (Wildman–Crippen MR) is 71.6 cm³/mol. The fraction of sp³-hybridized carbons (Fsp3) is 0. The molecule has 2 aromatic carbocycles. The third-order valence-electron chi connectivity index (χ3n) is 2.62. The van der Waals surface area contributed by atoms with E-state index in [2.05, 4.69) is 4.98 Å². The summed E-state index contributed by atoms with van der Waals surface area (Å²) in [5.74, 6) is 0.409. The van der Waals surface area contributed by atoms with Gasteiger partial charge in [-0.25, -0.2) is 4.98 Å². The largest absolute Gasteiger partial charge is 0.768 e. The summed E-state index contributed by atoms with van der Waals surface area (Å²) in [5, 5.41) is 0.584. The molecule has 0 bridgehead atoms. The van der Waals surface area contributed by atoms with Gasteiger partial charge in [0.05, 0.1) is 0 Å². The van der Waals surface area contributed by atoms with Crippen molar-refractivity contribution >= 4 is 33.8 Å². The standard InChI is InChI=1S/C13H8ClNO3S/c14-9-3-1-2-8(6-9)13-15-11-7-10(19(16)17)4-5-12(11)18-13/h1-7H,(H,16,17)/p-1. The highest BCUT2D eigenvalue weighted by Gasteiger charge is 2.09. The number of aromatic nitrogens is 1. The van der Waals surface area contributed by atoms with Crippen LogP contribution < -0.4 is 0 Å². The highest BCUT2D eigenvalue weighted by molar-refractivity contribution is 7.79. The topological polar surface area (TPSA) is 66.2 Å². The maximum Gasteiger partial charge on any atom is 0.227 e. The van der Waals surface area contributed by atoms with E-state index >= 15 is 0 Å². The summed E-state index contributed by atoms with van der Waals surface area (Å²) in [7, 11) is 0. The molecule has 0 spiro atoms. The summed E-state index contributed by atoms with van der Waals surface area (Å²) in [6, 6.07) is 11.6. The molecule has 0 saturated carbocycles. The molecule has 0 amide bonds. The van der Waals surface area contributed by atoms with Crippen molar-refractivity contribution in [3.8, 4) is 11.5 Å². The Morgan fingerprint density at radius 1 is 1.21 bits per heavy atom. The van der Waals surface area contributed by atoms with Gasteiger partial charge in [0.2, 0.25) is 5.89 Å². The van der Waals surface area contributed by atoms with Crippen LogP contribution in [-0.2, 0) is 11.1 Å². The SMILES string of the molecule is O=S([O-])c1ccc2oc(-c3cccc(Cl)c3)nc2c1. The summed E-state index contributed by atoms with van der Waals surface area (Å²) < 4.78 is 27.4. The molecule has 1 aromatic heterocycles. The first kappa shape index (κ1) is 12.3. The van der Waals surface area contributed by atoms with Crippen molar-refractivity contribution < 1.29 is 13.2 Å². The smallest absolute Gasteiger partial charge is 0.227 e. The molecule has 96 valence electrons. The summed E-state index contributed by atoms with van der Waals surface area (Å²) >= 11 is 3.63. The van der Waals surface area contributed by atoms with Gasteiger partial charge in [0.15, 0.2) is 5.58 Å². The van der Waals surface area contributed by atoms with E-state index in [1.165, 1.54) is 12.1 Å². The minimum absolute atomic E-state index is 0.179. The van der Waals surface area contributed by atoms with Gasteiger partial charge in [-0.1, -0.05) is 17.7 Å². The Hall–Kier alpha value is -1.69. The fourth-order valence-electron chi connectivity index (χ4n) is 1.76. The minimum Gasteiger partial charge on any atom is -0.768 e. The van der Waals surface area contributed by atoms with Crippen LogP contribution in [-0.4, -0.2) is 13.7 Å². The van der Waals surface area contributed by atoms with Crippen molar-refractivity contribution in [2.24, 2.45) is 0 Å². The molecule has 0 fully saturated rings. The molecule has 19 heavy (non-hydrogen) atoms. The zero-order chi connectivity index (χ0) is 13.4. The van der Waals surface area contributed by atoms with Crippen LogP contribution in [0.2, 0.25) is 5.02 Å². The zero-order valence-electron chi connectivity index (χ0n) is 9.50. The van der Waals surface area contributed by atoms with Crippen LogP contribution in [0.4, 0.5) is 0 Å². The van der Waals surface area contributed by atoms with Crippen molar-refractivity contribution in [1.29, 1.82) is 0 Å². The molecule has 0 saturated heterocycles. The Bertz CT molecular complexity index is 784. The predicted octanol–water partition coefficient (Wildman–Crippen LogP) is 3.39. The van der Waals surface area contributed by atoms with Crippen LogP contribution >= 0.6 is 11.6 Å². The second-order valence-electron chi connectivity index (χ2n) is 3.89. The number of oxazole rings is 1. The first-order valence-electron chi connectivity index (χ1n) is 5.39. The summed E-state index contributed by atoms with van der Waals surface area (Å²) in [5.41, 5.74) is 1.77. The summed E-state index contributed by atoms with van der Waals surface area (Å²) in [6.45, 7) is 0. The maximum absolute atomic E-state index is 10.9. The Labute approximate surface area is 116 Å². The molecule has 0 aliphatic carbocycles. The number of hydrogen-bond donors (Lipinski definition) is 0. The summed E-state index contributed by atoms with van der Waals surface area (Å²) in [4.78, 5) is 4.45. The molecule has 3 aromatic rings. The van der Waals surface area contributed by atoms with Gasteiger partial charge < -0.3 is 8.97 Å². The molecule has 1 heterocycles. The Balaban J connectivity index is 2.14. The number of rotatable bonds is 2. The number of fused-ring (bicyclic) bond motifs is 1. The van der Waals surface area contributed by atoms with E-state index in [0.717, 1.165) is 5.56 Å². The van der Waals surface area contributed by atoms with Crippen molar-refractivity contribution in [2.75, 3.05) is 0 Å². The molecule has 4 nitrogen and oxygen atoms in total. The lowest BCUT2D eigenvalue weighted by molar-refractivity contribution is 0.537. The monoisotopic (exact) mass is 292 g/mol. The molecule has 1 unspecified atom stereocenters. The first-order chi connectivity index (χ1) is 9.13. The molecule has 0 N–H and O–H groups in total. The third kappa shape index (κ3) is 2.40. The Morgan fingerprint density at radius 2 is 2.05 bits per heavy atom. The number of hydrogen-bond acceptors (Lipinski definition) is 4. The molecular weight excluding hydrogens is 286 g/mol. The molecule has 0 radical (unpaired) electrons. The van der Waals surface area contributed by atoms with Gasteiger partial charge in [0.25, 0.3) is 0 Å². The lowest BCUT2D eigenvalue weighted by Crippen LogP contribution is -1.87. The minimum atomic E-state index is -2.28. The van der Waals surface area contributed by atoms with Gasteiger partial charge in [-0.05, 0) is 47.5 Å². The zero-order valence-corrected chi connectivity index (χ0v) is 11.1. The van der Waals surface area contributed by atoms with Crippen LogP contribution in [0.25, 0.3) is 22.6 Å². The van der Waals surface area contributed by atoms with Gasteiger partial charge >= 0.3 is 0 Å². The van der Waals surface area contributed by atoms with E-state index < -0.39 is 11.1 Å². The molecule has 6 heteroatoms. The number of halogens is 1. The maximum atomic E-state index is 10.9. The van der Waals surface area contributed by atoms with Crippen LogP contribution in [0.5, 0.6) is 0 Å². The second-order valence-corrected chi connectivity index (χ2v) is 5.27. The van der Waals surface area contributed by atoms with E-state index in [1.54, 1.807) is 24.3 Å². The second kappa shape index (κ2) is 4.77. The van der Waals surface area contributed by atoms with E-state index in [-0.39, 0.29) is 4.90 Å². The Morgan fingerprint density at radius 3 is 2.79 bits per heavy atom. The molecule has 3 rings (SSSR count). The third-order valence-corrected chi connectivity index (χ3v) is 3.50. The van der Waals surface area contributed by atoms with Crippen LogP contribution in [0.15, 0.2) is 51.8 Å². The average molecular weight is 293 g/mol. The number of nitrogens with zero attached hydrogens (tertiary/aromatic N) is 1. The van der Waals surface area contributed by atoms with E-state index in [4.69, 9.17) is 16.0 Å². The Kier molecular flexibility index (Phi) is 3.10. The van der Waals surface area contributed by atoms with Gasteiger partial charge in [-0.2, -0.15) is 0 Å². The molecule has 1 atom stereocenters. The van der Waals surface area contributed by atoms with E-state index in [1.807, 2.05) is 6.07 Å². The fourth-order valence-corrected chi connectivity index (χ4v) is 2.33. The van der Waals surface area contributed by atoms with Crippen molar-refractivity contribution in [2.45, 2.75) is 4.90 Å². The quantitative estimate of drug-likeness (QED) is 0.679. The van der Waals surface area contributed by atoms with Gasteiger partial charge in [0.1, 0.15) is 5.52 Å². The van der Waals surface area contributed by atoms with Gasteiger partial charge in [0, 0.05) is 15.5 Å². The van der Waals surface area contributed by atoms with E-state index in [0.29, 0.717) is 22.0 Å². The van der Waals surface area contributed by atoms with E-state index in [9.17, 15) is 8.76 Å². The molecule has 0 aliphatic heterocycles. The van der Waals surface area contributed by atoms with Crippen LogP contribution in [0.3, 0.4) is 0 Å². The van der Waals surface area contributed by atoms with Gasteiger partial charge in [-0.3, -0.25) is 4.21 Å². The van der Waals surface area contributed by atoms with Crippen LogP contribution in [0, 0.1) is 0 Å². The van der Waals surface area contributed by atoms with Gasteiger partial charge in [-0.15, -0.1) is 0 Å². The van der Waals surface area contributed by atoms with Crippen molar-refractivity contribution in [3.63, 3.8) is 0 Å². The normalized spacial score (nSPS) is 12.7. The van der Waals surface area contributed by atoms with Crippen molar-refractivity contribution in [1.82, 2.24) is 4.98 Å². The lowest BCUT2D eigenvalue weighted by Gasteiger charge is -2.02. The highest BCUT2D eigenvalue weighted by atomic mass is 35.5. The lowest BCUT2D eigenvalue weighted by atomic mass is 10.2. The average Bonchev–Trinajstić information content (AvgIpc) is 2.81. The first-order valence-corrected chi connectivity index (χ1v) is 6.84. The highest BCUT2D eigenvalue weighted by Crippen LogP contribution is 2.27.